The zero-order valence-electron chi connectivity index (χ0n) is 51.1. The summed E-state index contributed by atoms with van der Waals surface area (Å²) in [4.78, 5) is 13.2. The summed E-state index contributed by atoms with van der Waals surface area (Å²) in [7, 11) is 0. The molecule has 0 amide bonds. The summed E-state index contributed by atoms with van der Waals surface area (Å²) in [5, 5.41) is 11.6. The zero-order chi connectivity index (χ0) is 56.8. The predicted molar refractivity (Wildman–Crippen MR) is 241 cm³/mol. The minimum Gasteiger partial charge on any atom is -0.515 e. The summed E-state index contributed by atoms with van der Waals surface area (Å²) in [5.74, 6) is 0. The normalized spacial score (nSPS) is 21.1. The first-order valence-electron chi connectivity index (χ1n) is 28.2. The molecule has 4 aliphatic rings. The molecule has 58 heavy (non-hydrogen) atoms. The quantitative estimate of drug-likeness (QED) is 0.185. The highest BCUT2D eigenvalue weighted by Gasteiger charge is 2.29. The average molecular weight is 768 g/mol. The van der Waals surface area contributed by atoms with Crippen LogP contribution in [0.2, 0.25) is 0 Å². The molecule has 0 unspecified atom stereocenters. The Kier molecular flexibility index (Phi) is 4.76. The lowest BCUT2D eigenvalue weighted by Crippen LogP contribution is -2.28. The summed E-state index contributed by atoms with van der Waals surface area (Å²) >= 11 is 0. The molecule has 4 nitrogen and oxygen atoms in total. The summed E-state index contributed by atoms with van der Waals surface area (Å²) in [6, 6.07) is -7.44. The number of nitrogens with one attached hydrogen (secondary N) is 1. The van der Waals surface area contributed by atoms with Gasteiger partial charge in [0.25, 0.3) is 0 Å². The van der Waals surface area contributed by atoms with Gasteiger partial charge in [-0.1, -0.05) is 142 Å². The van der Waals surface area contributed by atoms with Crippen molar-refractivity contribution in [3.63, 3.8) is 0 Å². The van der Waals surface area contributed by atoms with E-state index >= 15 is 0 Å². The van der Waals surface area contributed by atoms with Crippen LogP contribution in [0.15, 0.2) is 197 Å². The van der Waals surface area contributed by atoms with Crippen molar-refractivity contribution >= 4 is 51.1 Å². The molecule has 0 spiro atoms. The lowest BCUT2D eigenvalue weighted by atomic mass is 9.83. The molecule has 2 N–H and O–H groups in total. The Morgan fingerprint density at radius 2 is 1.03 bits per heavy atom. The van der Waals surface area contributed by atoms with Gasteiger partial charge in [-0.2, -0.15) is 0 Å². The van der Waals surface area contributed by atoms with Gasteiger partial charge in [0.15, 0.2) is 0 Å². The first-order chi connectivity index (χ1) is 36.6. The van der Waals surface area contributed by atoms with E-state index in [0.717, 1.165) is 6.26 Å². The van der Waals surface area contributed by atoms with E-state index < -0.39 is 126 Å². The Balaban J connectivity index is 1.54. The zero-order valence-corrected chi connectivity index (χ0v) is 31.1. The van der Waals surface area contributed by atoms with Crippen LogP contribution in [-0.4, -0.2) is 21.5 Å². The van der Waals surface area contributed by atoms with E-state index in [9.17, 15) is 16.1 Å². The van der Waals surface area contributed by atoms with Crippen LogP contribution in [0, 0.1) is 0 Å². The minimum atomic E-state index is -0.724. The van der Waals surface area contributed by atoms with E-state index in [1.54, 1.807) is 18.2 Å². The second-order valence-electron chi connectivity index (χ2n) is 14.6. The van der Waals surface area contributed by atoms with Gasteiger partial charge in [0, 0.05) is 38.2 Å². The maximum Gasteiger partial charge on any atom is 0.0867 e. The fourth-order valence-corrected chi connectivity index (χ4v) is 7.60. The van der Waals surface area contributed by atoms with Crippen LogP contribution < -0.4 is 21.1 Å². The number of hydrogen-bond acceptors (Lipinski definition) is 3. The van der Waals surface area contributed by atoms with Gasteiger partial charge in [0.1, 0.15) is 0 Å². The Labute approximate surface area is 366 Å². The van der Waals surface area contributed by atoms with E-state index in [4.69, 9.17) is 26.4 Å². The highest BCUT2D eigenvalue weighted by Crippen LogP contribution is 2.41. The molecule has 4 heterocycles. The van der Waals surface area contributed by atoms with Gasteiger partial charge in [-0.3, -0.25) is 0 Å². The van der Waals surface area contributed by atoms with E-state index in [-0.39, 0.29) is 100.0 Å². The summed E-state index contributed by atoms with van der Waals surface area (Å²) in [5.41, 5.74) is -1.78. The Bertz CT molecular complexity index is 4240. The first kappa shape index (κ1) is 19.7. The van der Waals surface area contributed by atoms with Crippen LogP contribution in [0.4, 0.5) is 0 Å². The van der Waals surface area contributed by atoms with Crippen LogP contribution >= 0.6 is 0 Å². The second kappa shape index (κ2) is 14.0. The van der Waals surface area contributed by atoms with Crippen molar-refractivity contribution in [2.24, 2.45) is 9.98 Å². The van der Waals surface area contributed by atoms with Gasteiger partial charge in [0.05, 0.1) is 56.5 Å². The van der Waals surface area contributed by atoms with Gasteiger partial charge in [0.2, 0.25) is 0 Å². The Morgan fingerprint density at radius 3 is 1.57 bits per heavy atom. The molecular weight excluding hydrogens is 707 g/mol. The lowest BCUT2D eigenvalue weighted by molar-refractivity contribution is 0.533. The number of H-pyrrole nitrogens is 1. The number of aliphatic hydroxyl groups excluding tert-OH is 1. The van der Waals surface area contributed by atoms with E-state index in [1.165, 1.54) is 36.4 Å². The van der Waals surface area contributed by atoms with Crippen molar-refractivity contribution in [2.45, 2.75) is 26.2 Å². The predicted octanol–water partition coefficient (Wildman–Crippen LogP) is 9.11. The van der Waals surface area contributed by atoms with Crippen LogP contribution in [0.1, 0.15) is 81.6 Å². The van der Waals surface area contributed by atoms with Crippen LogP contribution in [0.25, 0.3) is 39.7 Å². The summed E-state index contributed by atoms with van der Waals surface area (Å²) < 4.78 is 179. The molecule has 1 aliphatic carbocycles. The maximum atomic E-state index is 11.0. The van der Waals surface area contributed by atoms with Crippen molar-refractivity contribution in [2.75, 3.05) is 0 Å². The van der Waals surface area contributed by atoms with Gasteiger partial charge in [-0.05, 0) is 110 Å². The molecule has 3 aliphatic heterocycles. The van der Waals surface area contributed by atoms with Crippen molar-refractivity contribution in [1.29, 1.82) is 0 Å². The lowest BCUT2D eigenvalue weighted by Gasteiger charge is -2.21. The third kappa shape index (κ3) is 6.02. The van der Waals surface area contributed by atoms with E-state index in [0.29, 0.717) is 10.8 Å². The summed E-state index contributed by atoms with van der Waals surface area (Å²) in [6.45, 7) is 5.64. The molecule has 6 aromatic rings. The number of allylic oxidation sites excluding steroid dienone is 8. The molecule has 0 radical (unpaired) electrons. The fraction of sp³-hybridized carbons (Fsp3) is 0.0741. The van der Waals surface area contributed by atoms with Crippen LogP contribution in [0.5, 0.6) is 0 Å². The molecule has 0 saturated carbocycles. The number of rotatable bonds is 4. The Hall–Kier alpha value is -7.30. The largest absolute Gasteiger partial charge is 0.515 e. The number of aromatic nitrogens is 1. The SMILES string of the molecule is [2H]c1c([2H])c([2H])c(C2=C3C=CC(=N3)C(c3c([2H])c([2H])c([2H])c([2H])c3[2H])=c3ccc([nH]3)=C(c3c([2H])c([2H])c([2H])c([2H])c3[2H])C3=CC(=c4cc(C(C)(C)C)/c(=C/O)cc43)C(c3c([2H])c([2H])c([2H])c([2H])c3[2H])=C3C=CC2=N3)c([2H])c1[2H]. The smallest absolute Gasteiger partial charge is 0.0867 e. The van der Waals surface area contributed by atoms with Crippen molar-refractivity contribution < 1.29 is 32.5 Å². The summed E-state index contributed by atoms with van der Waals surface area (Å²) in [6.07, 6.45) is 8.15. The van der Waals surface area contributed by atoms with Gasteiger partial charge >= 0.3 is 0 Å². The van der Waals surface area contributed by atoms with Crippen LogP contribution in [-0.2, 0) is 5.41 Å². The molecule has 1 aromatic heterocycles. The maximum absolute atomic E-state index is 11.0. The molecule has 10 rings (SSSR count). The van der Waals surface area contributed by atoms with Gasteiger partial charge in [-0.25, -0.2) is 9.98 Å². The minimum absolute atomic E-state index is 0.0186. The molecule has 0 atom stereocenters. The molecule has 5 aromatic carbocycles. The molecule has 0 fully saturated rings. The third-order valence-corrected chi connectivity index (χ3v) is 10.1. The number of aromatic amines is 1. The van der Waals surface area contributed by atoms with E-state index in [2.05, 4.69) is 4.98 Å². The van der Waals surface area contributed by atoms with Crippen LogP contribution in [0.3, 0.4) is 0 Å². The second-order valence-corrected chi connectivity index (χ2v) is 14.6. The number of fused-ring (bicyclic) bond motifs is 7. The van der Waals surface area contributed by atoms with Gasteiger partial charge in [-0.15, -0.1) is 0 Å². The number of aliphatic hydroxyl groups is 1. The first-order valence-corrected chi connectivity index (χ1v) is 18.2. The topological polar surface area (TPSA) is 60.7 Å². The third-order valence-electron chi connectivity index (χ3n) is 10.1. The average Bonchev–Trinajstić information content (AvgIpc) is 4.46. The fourth-order valence-electron chi connectivity index (χ4n) is 7.60. The number of nitrogens with zero attached hydrogens (tertiary/aromatic N) is 2. The van der Waals surface area contributed by atoms with E-state index in [1.807, 2.05) is 20.8 Å². The Morgan fingerprint density at radius 1 is 0.569 bits per heavy atom. The molecule has 0 saturated heterocycles. The molecule has 8 bridgehead atoms. The van der Waals surface area contributed by atoms with Crippen molar-refractivity contribution in [3.8, 4) is 0 Å². The molecule has 278 valence electrons. The highest BCUT2D eigenvalue weighted by atomic mass is 16.2. The van der Waals surface area contributed by atoms with Gasteiger partial charge < -0.3 is 10.1 Å². The standard InChI is InChI=1S/C54H41N3O/c1-54(2,3)43-32-40-39(30-38(43)33-58)41-31-42(40)51(35-18-10-5-11-19-35)45-25-27-47(56-45)53(37-22-14-7-15-23-37)49-29-28-48(57-49)52(36-20-12-6-13-21-36)46-26-24-44(55-46)50(41)34-16-8-4-9-17-34/h4-33,55,58H,1-3H3/b38-33+,50-44?,51-45?,52-46?,53-49?/i4D,5D,6D,7D,8D,9D,10D,11D,12D,13D,14D,15D,16D,17D,18D,19D,20D,21D,22D,23D. The van der Waals surface area contributed by atoms with Crippen molar-refractivity contribution in [1.82, 2.24) is 4.98 Å². The monoisotopic (exact) mass is 767 g/mol. The molecule has 4 heteroatoms. The molecular formula is C54H41N3O. The highest BCUT2D eigenvalue weighted by molar-refractivity contribution is 6.35. The number of benzene rings is 5. The number of hydrogen-bond donors (Lipinski definition) is 2. The van der Waals surface area contributed by atoms with Crippen molar-refractivity contribution in [3.05, 3.63) is 241 Å². The number of aliphatic imine (C=N–C) groups is 2.